The van der Waals surface area contributed by atoms with Gasteiger partial charge in [0.15, 0.2) is 0 Å². The van der Waals surface area contributed by atoms with E-state index in [0.717, 1.165) is 33.4 Å². The number of nitrogens with one attached hydrogen (secondary N) is 1. The van der Waals surface area contributed by atoms with Crippen LogP contribution >= 0.6 is 11.6 Å². The molecule has 0 saturated heterocycles. The van der Waals surface area contributed by atoms with E-state index in [9.17, 15) is 4.39 Å². The Kier molecular flexibility index (Phi) is 4.16. The average molecular weight is 316 g/mol. The first-order chi connectivity index (χ1) is 10.6. The number of aryl methyl sites for hydroxylation is 1. The zero-order valence-electron chi connectivity index (χ0n) is 12.1. The maximum atomic E-state index is 12.8. The Balaban J connectivity index is 1.70. The van der Waals surface area contributed by atoms with Crippen molar-refractivity contribution >= 4 is 17.3 Å². The van der Waals surface area contributed by atoms with Gasteiger partial charge in [0.25, 0.3) is 0 Å². The Labute approximate surface area is 133 Å². The van der Waals surface area contributed by atoms with Crippen LogP contribution in [0.1, 0.15) is 11.3 Å². The Hall–Kier alpha value is -2.26. The van der Waals surface area contributed by atoms with Crippen LogP contribution in [0.15, 0.2) is 59.0 Å². The third kappa shape index (κ3) is 3.31. The molecule has 0 unspecified atom stereocenters. The van der Waals surface area contributed by atoms with E-state index in [2.05, 4.69) is 5.32 Å². The fraction of sp³-hybridized carbons (Fsp3) is 0.111. The molecule has 0 fully saturated rings. The van der Waals surface area contributed by atoms with E-state index >= 15 is 0 Å². The summed E-state index contributed by atoms with van der Waals surface area (Å²) in [6.07, 6.45) is 0. The van der Waals surface area contributed by atoms with Crippen molar-refractivity contribution in [2.24, 2.45) is 0 Å². The molecule has 1 heterocycles. The second-order valence-corrected chi connectivity index (χ2v) is 5.50. The third-order valence-electron chi connectivity index (χ3n) is 3.43. The van der Waals surface area contributed by atoms with Crippen LogP contribution in [0, 0.1) is 12.7 Å². The van der Waals surface area contributed by atoms with Crippen LogP contribution in [0.5, 0.6) is 0 Å². The summed E-state index contributed by atoms with van der Waals surface area (Å²) in [6, 6.07) is 15.9. The molecule has 1 aromatic heterocycles. The Morgan fingerprint density at radius 3 is 2.55 bits per heavy atom. The SMILES string of the molecule is Cc1ccc(-c2ccc(CNc3ccc(F)cc3)o2)cc1Cl. The van der Waals surface area contributed by atoms with Crippen molar-refractivity contribution in [1.82, 2.24) is 0 Å². The Morgan fingerprint density at radius 1 is 1.05 bits per heavy atom. The van der Waals surface area contributed by atoms with Gasteiger partial charge in [0.05, 0.1) is 6.54 Å². The van der Waals surface area contributed by atoms with Crippen LogP contribution in [0.25, 0.3) is 11.3 Å². The molecule has 22 heavy (non-hydrogen) atoms. The van der Waals surface area contributed by atoms with Gasteiger partial charge in [-0.25, -0.2) is 4.39 Å². The van der Waals surface area contributed by atoms with E-state index in [1.54, 1.807) is 12.1 Å². The third-order valence-corrected chi connectivity index (χ3v) is 3.84. The molecule has 0 amide bonds. The highest BCUT2D eigenvalue weighted by atomic mass is 35.5. The van der Waals surface area contributed by atoms with E-state index in [1.165, 1.54) is 12.1 Å². The predicted molar refractivity (Wildman–Crippen MR) is 87.6 cm³/mol. The summed E-state index contributed by atoms with van der Waals surface area (Å²) in [6.45, 7) is 2.50. The van der Waals surface area contributed by atoms with Gasteiger partial charge in [0.2, 0.25) is 0 Å². The van der Waals surface area contributed by atoms with Crippen LogP contribution in [-0.2, 0) is 6.54 Å². The van der Waals surface area contributed by atoms with E-state index < -0.39 is 0 Å². The Morgan fingerprint density at radius 2 is 1.82 bits per heavy atom. The number of benzene rings is 2. The van der Waals surface area contributed by atoms with Gasteiger partial charge in [-0.15, -0.1) is 0 Å². The molecule has 3 aromatic rings. The molecule has 0 saturated carbocycles. The summed E-state index contributed by atoms with van der Waals surface area (Å²) in [7, 11) is 0. The Bertz CT molecular complexity index is 780. The molecule has 0 bridgehead atoms. The molecule has 0 aliphatic rings. The lowest BCUT2D eigenvalue weighted by atomic mass is 10.1. The number of halogens is 2. The molecule has 1 N–H and O–H groups in total. The van der Waals surface area contributed by atoms with Crippen molar-refractivity contribution in [3.63, 3.8) is 0 Å². The molecule has 0 aliphatic carbocycles. The molecule has 2 nitrogen and oxygen atoms in total. The molecule has 0 spiro atoms. The predicted octanol–water partition coefficient (Wildman–Crippen LogP) is 5.66. The van der Waals surface area contributed by atoms with E-state index in [0.29, 0.717) is 6.54 Å². The molecule has 3 rings (SSSR count). The van der Waals surface area contributed by atoms with E-state index in [4.69, 9.17) is 16.0 Å². The monoisotopic (exact) mass is 315 g/mol. The van der Waals surface area contributed by atoms with E-state index in [-0.39, 0.29) is 5.82 Å². The number of hydrogen-bond donors (Lipinski definition) is 1. The van der Waals surface area contributed by atoms with Crippen LogP contribution in [0.4, 0.5) is 10.1 Å². The first-order valence-corrected chi connectivity index (χ1v) is 7.34. The van der Waals surface area contributed by atoms with Crippen LogP contribution in [-0.4, -0.2) is 0 Å². The molecule has 0 atom stereocenters. The summed E-state index contributed by atoms with van der Waals surface area (Å²) in [4.78, 5) is 0. The highest BCUT2D eigenvalue weighted by Gasteiger charge is 2.06. The molecule has 2 aromatic carbocycles. The summed E-state index contributed by atoms with van der Waals surface area (Å²) >= 11 is 6.14. The quantitative estimate of drug-likeness (QED) is 0.672. The smallest absolute Gasteiger partial charge is 0.134 e. The molecule has 112 valence electrons. The van der Waals surface area contributed by atoms with Crippen LogP contribution in [0.3, 0.4) is 0 Å². The lowest BCUT2D eigenvalue weighted by Gasteiger charge is -2.04. The number of furan rings is 1. The highest BCUT2D eigenvalue weighted by molar-refractivity contribution is 6.31. The summed E-state index contributed by atoms with van der Waals surface area (Å²) in [5, 5.41) is 3.91. The summed E-state index contributed by atoms with van der Waals surface area (Å²) < 4.78 is 18.7. The van der Waals surface area contributed by atoms with Gasteiger partial charge in [0, 0.05) is 16.3 Å². The van der Waals surface area contributed by atoms with E-state index in [1.807, 2.05) is 37.3 Å². The average Bonchev–Trinajstić information content (AvgIpc) is 2.98. The molecular formula is C18H15ClFNO. The topological polar surface area (TPSA) is 25.2 Å². The van der Waals surface area contributed by atoms with Crippen molar-refractivity contribution in [1.29, 1.82) is 0 Å². The first-order valence-electron chi connectivity index (χ1n) is 6.96. The van der Waals surface area contributed by atoms with Crippen molar-refractivity contribution in [3.8, 4) is 11.3 Å². The van der Waals surface area contributed by atoms with Gasteiger partial charge in [-0.05, 0) is 55.0 Å². The van der Waals surface area contributed by atoms with Gasteiger partial charge in [-0.3, -0.25) is 0 Å². The normalized spacial score (nSPS) is 10.7. The maximum absolute atomic E-state index is 12.8. The minimum Gasteiger partial charge on any atom is -0.459 e. The molecule has 0 radical (unpaired) electrons. The number of rotatable bonds is 4. The van der Waals surface area contributed by atoms with Crippen molar-refractivity contribution < 1.29 is 8.81 Å². The van der Waals surface area contributed by atoms with Crippen LogP contribution in [0.2, 0.25) is 5.02 Å². The second kappa shape index (κ2) is 6.24. The fourth-order valence-corrected chi connectivity index (χ4v) is 2.31. The first kappa shape index (κ1) is 14.7. The molecular weight excluding hydrogens is 301 g/mol. The lowest BCUT2D eigenvalue weighted by molar-refractivity contribution is 0.531. The highest BCUT2D eigenvalue weighted by Crippen LogP contribution is 2.27. The standard InChI is InChI=1S/C18H15ClFNO/c1-12-2-3-13(10-17(12)19)18-9-8-16(22-18)11-21-15-6-4-14(20)5-7-15/h2-10,21H,11H2,1H3. The maximum Gasteiger partial charge on any atom is 0.134 e. The number of anilines is 1. The minimum absolute atomic E-state index is 0.248. The largest absolute Gasteiger partial charge is 0.459 e. The van der Waals surface area contributed by atoms with Gasteiger partial charge in [-0.1, -0.05) is 23.7 Å². The molecule has 4 heteroatoms. The fourth-order valence-electron chi connectivity index (χ4n) is 2.13. The van der Waals surface area contributed by atoms with Crippen molar-refractivity contribution in [2.45, 2.75) is 13.5 Å². The number of hydrogen-bond acceptors (Lipinski definition) is 2. The van der Waals surface area contributed by atoms with Crippen LogP contribution < -0.4 is 5.32 Å². The van der Waals surface area contributed by atoms with Crippen molar-refractivity contribution in [3.05, 3.63) is 76.8 Å². The summed E-state index contributed by atoms with van der Waals surface area (Å²) in [5.41, 5.74) is 2.83. The van der Waals surface area contributed by atoms with Gasteiger partial charge in [-0.2, -0.15) is 0 Å². The minimum atomic E-state index is -0.248. The van der Waals surface area contributed by atoms with Gasteiger partial charge in [0.1, 0.15) is 17.3 Å². The zero-order valence-corrected chi connectivity index (χ0v) is 12.8. The lowest BCUT2D eigenvalue weighted by Crippen LogP contribution is -1.97. The summed E-state index contributed by atoms with van der Waals surface area (Å²) in [5.74, 6) is 1.33. The zero-order chi connectivity index (χ0) is 15.5. The second-order valence-electron chi connectivity index (χ2n) is 5.09. The molecule has 0 aliphatic heterocycles. The van der Waals surface area contributed by atoms with Gasteiger partial charge < -0.3 is 9.73 Å². The van der Waals surface area contributed by atoms with Crippen molar-refractivity contribution in [2.75, 3.05) is 5.32 Å². The van der Waals surface area contributed by atoms with Gasteiger partial charge >= 0.3 is 0 Å².